The highest BCUT2D eigenvalue weighted by Gasteiger charge is 2.33. The van der Waals surface area contributed by atoms with E-state index in [1.165, 1.54) is 11.3 Å². The molecule has 1 atom stereocenters. The van der Waals surface area contributed by atoms with Gasteiger partial charge in [0.2, 0.25) is 15.0 Å². The Morgan fingerprint density at radius 3 is 2.69 bits per heavy atom. The maximum atomic E-state index is 13.3. The SMILES string of the molecule is CCc1ccccc1S(=O)(=O)N1CCCC(c2nnc(C(=O)Nc3ccccc3C)s2)C1. The van der Waals surface area contributed by atoms with Gasteiger partial charge in [0.25, 0.3) is 5.91 Å². The van der Waals surface area contributed by atoms with E-state index in [4.69, 9.17) is 0 Å². The van der Waals surface area contributed by atoms with Crippen molar-refractivity contribution < 1.29 is 13.2 Å². The van der Waals surface area contributed by atoms with Crippen molar-refractivity contribution >= 4 is 33.0 Å². The minimum atomic E-state index is -3.59. The number of anilines is 1. The van der Waals surface area contributed by atoms with Gasteiger partial charge >= 0.3 is 0 Å². The zero-order valence-electron chi connectivity index (χ0n) is 18.1. The molecule has 2 heterocycles. The number of sulfonamides is 1. The van der Waals surface area contributed by atoms with Crippen LogP contribution >= 0.6 is 11.3 Å². The summed E-state index contributed by atoms with van der Waals surface area (Å²) in [7, 11) is -3.59. The van der Waals surface area contributed by atoms with Gasteiger partial charge in [-0.15, -0.1) is 10.2 Å². The standard InChI is InChI=1S/C23H26N4O3S2/c1-3-17-10-5-7-13-20(17)32(29,30)27-14-8-11-18(15-27)22-25-26-23(31-22)21(28)24-19-12-6-4-9-16(19)2/h4-7,9-10,12-13,18H,3,8,11,14-15H2,1-2H3,(H,24,28). The van der Waals surface area contributed by atoms with Gasteiger partial charge in [0.15, 0.2) is 0 Å². The molecule has 2 aromatic carbocycles. The second-order valence-electron chi connectivity index (χ2n) is 7.88. The predicted octanol–water partition coefficient (Wildman–Crippen LogP) is 4.23. The summed E-state index contributed by atoms with van der Waals surface area (Å²) in [6, 6.07) is 14.7. The number of piperidine rings is 1. The first-order valence-electron chi connectivity index (χ1n) is 10.7. The van der Waals surface area contributed by atoms with Crippen LogP contribution in [0.4, 0.5) is 5.69 Å². The van der Waals surface area contributed by atoms with Crippen LogP contribution in [0.1, 0.15) is 51.6 Å². The minimum absolute atomic E-state index is 0.0789. The van der Waals surface area contributed by atoms with E-state index in [0.29, 0.717) is 29.4 Å². The minimum Gasteiger partial charge on any atom is -0.320 e. The molecule has 1 aromatic heterocycles. The molecule has 1 aliphatic heterocycles. The lowest BCUT2D eigenvalue weighted by Crippen LogP contribution is -2.39. The molecule has 1 fully saturated rings. The third-order valence-corrected chi connectivity index (χ3v) is 8.78. The van der Waals surface area contributed by atoms with Gasteiger partial charge < -0.3 is 5.32 Å². The van der Waals surface area contributed by atoms with E-state index < -0.39 is 10.0 Å². The van der Waals surface area contributed by atoms with Crippen molar-refractivity contribution in [1.29, 1.82) is 0 Å². The number of nitrogens with zero attached hydrogens (tertiary/aromatic N) is 3. The number of amides is 1. The monoisotopic (exact) mass is 470 g/mol. The summed E-state index contributed by atoms with van der Waals surface area (Å²) < 4.78 is 28.2. The highest BCUT2D eigenvalue weighted by atomic mass is 32.2. The van der Waals surface area contributed by atoms with Gasteiger partial charge in [0.05, 0.1) is 4.90 Å². The number of nitrogens with one attached hydrogen (secondary N) is 1. The first kappa shape index (κ1) is 22.6. The summed E-state index contributed by atoms with van der Waals surface area (Å²) in [5.74, 6) is -0.384. The second kappa shape index (κ2) is 9.48. The Morgan fingerprint density at radius 2 is 1.91 bits per heavy atom. The zero-order chi connectivity index (χ0) is 22.7. The molecule has 0 spiro atoms. The first-order valence-corrected chi connectivity index (χ1v) is 12.9. The molecule has 1 aliphatic rings. The fourth-order valence-corrected chi connectivity index (χ4v) is 6.61. The number of hydrogen-bond donors (Lipinski definition) is 1. The Labute approximate surface area is 192 Å². The number of rotatable bonds is 6. The van der Waals surface area contributed by atoms with Gasteiger partial charge in [0, 0.05) is 24.7 Å². The molecule has 3 aromatic rings. The number of carbonyl (C=O) groups excluding carboxylic acids is 1. The molecule has 1 amide bonds. The molecular weight excluding hydrogens is 444 g/mol. The van der Waals surface area contributed by atoms with E-state index in [1.807, 2.05) is 50.2 Å². The molecule has 9 heteroatoms. The van der Waals surface area contributed by atoms with Gasteiger partial charge in [-0.1, -0.05) is 54.7 Å². The van der Waals surface area contributed by atoms with Crippen molar-refractivity contribution in [3.63, 3.8) is 0 Å². The highest BCUT2D eigenvalue weighted by Crippen LogP contribution is 2.33. The van der Waals surface area contributed by atoms with Gasteiger partial charge in [-0.25, -0.2) is 8.42 Å². The number of benzene rings is 2. The molecule has 7 nitrogen and oxygen atoms in total. The van der Waals surface area contributed by atoms with Gasteiger partial charge in [-0.2, -0.15) is 4.31 Å². The molecule has 168 valence electrons. The Bertz CT molecular complexity index is 1220. The third-order valence-electron chi connectivity index (χ3n) is 5.73. The zero-order valence-corrected chi connectivity index (χ0v) is 19.7. The molecule has 0 aliphatic carbocycles. The Morgan fingerprint density at radius 1 is 1.16 bits per heavy atom. The van der Waals surface area contributed by atoms with E-state index in [9.17, 15) is 13.2 Å². The molecule has 32 heavy (non-hydrogen) atoms. The summed E-state index contributed by atoms with van der Waals surface area (Å²) in [6.45, 7) is 4.71. The quantitative estimate of drug-likeness (QED) is 0.582. The van der Waals surface area contributed by atoms with Crippen LogP contribution in [0.25, 0.3) is 0 Å². The number of carbonyl (C=O) groups is 1. The predicted molar refractivity (Wildman–Crippen MR) is 126 cm³/mol. The van der Waals surface area contributed by atoms with Crippen LogP contribution < -0.4 is 5.32 Å². The maximum absolute atomic E-state index is 13.3. The molecular formula is C23H26N4O3S2. The van der Waals surface area contributed by atoms with Crippen LogP contribution in [0.2, 0.25) is 0 Å². The van der Waals surface area contributed by atoms with Crippen molar-refractivity contribution in [2.45, 2.75) is 43.9 Å². The summed E-state index contributed by atoms with van der Waals surface area (Å²) in [5.41, 5.74) is 2.52. The van der Waals surface area contributed by atoms with Gasteiger partial charge in [-0.05, 0) is 49.4 Å². The Hall–Kier alpha value is -2.62. The average molecular weight is 471 g/mol. The fourth-order valence-electron chi connectivity index (χ4n) is 3.93. The largest absolute Gasteiger partial charge is 0.320 e. The second-order valence-corrected chi connectivity index (χ2v) is 10.8. The fraction of sp³-hybridized carbons (Fsp3) is 0.348. The molecule has 1 N–H and O–H groups in total. The van der Waals surface area contributed by atoms with E-state index in [1.54, 1.807) is 16.4 Å². The summed E-state index contributed by atoms with van der Waals surface area (Å²) in [4.78, 5) is 13.0. The number of para-hydroxylation sites is 1. The van der Waals surface area contributed by atoms with Crippen LogP contribution in [0.15, 0.2) is 53.4 Å². The molecule has 0 bridgehead atoms. The van der Waals surface area contributed by atoms with Crippen molar-refractivity contribution in [3.05, 3.63) is 69.7 Å². The van der Waals surface area contributed by atoms with Crippen molar-refractivity contribution in [3.8, 4) is 0 Å². The van der Waals surface area contributed by atoms with Crippen molar-refractivity contribution in [2.75, 3.05) is 18.4 Å². The molecule has 1 saturated heterocycles. The molecule has 1 unspecified atom stereocenters. The molecule has 0 saturated carbocycles. The van der Waals surface area contributed by atoms with Crippen molar-refractivity contribution in [2.24, 2.45) is 0 Å². The summed E-state index contributed by atoms with van der Waals surface area (Å²) in [6.07, 6.45) is 2.21. The third kappa shape index (κ3) is 4.60. The van der Waals surface area contributed by atoms with Crippen LogP contribution in [-0.2, 0) is 16.4 Å². The number of hydrogen-bond acceptors (Lipinski definition) is 6. The Kier molecular flexibility index (Phi) is 6.68. The van der Waals surface area contributed by atoms with Crippen LogP contribution in [0, 0.1) is 6.92 Å². The van der Waals surface area contributed by atoms with Crippen molar-refractivity contribution in [1.82, 2.24) is 14.5 Å². The smallest absolute Gasteiger partial charge is 0.286 e. The van der Waals surface area contributed by atoms with Gasteiger partial charge in [0.1, 0.15) is 5.01 Å². The Balaban J connectivity index is 1.50. The van der Waals surface area contributed by atoms with Crippen LogP contribution in [-0.4, -0.2) is 41.9 Å². The van der Waals surface area contributed by atoms with E-state index in [-0.39, 0.29) is 16.8 Å². The number of aryl methyl sites for hydroxylation is 2. The van der Waals surface area contributed by atoms with Gasteiger partial charge in [-0.3, -0.25) is 4.79 Å². The van der Waals surface area contributed by atoms with E-state index in [2.05, 4.69) is 15.5 Å². The average Bonchev–Trinajstić information content (AvgIpc) is 3.31. The van der Waals surface area contributed by atoms with Crippen LogP contribution in [0.5, 0.6) is 0 Å². The topological polar surface area (TPSA) is 92.3 Å². The van der Waals surface area contributed by atoms with Crippen LogP contribution in [0.3, 0.4) is 0 Å². The lowest BCUT2D eigenvalue weighted by atomic mass is 10.0. The molecule has 4 rings (SSSR count). The number of aromatic nitrogens is 2. The molecule has 0 radical (unpaired) electrons. The summed E-state index contributed by atoms with van der Waals surface area (Å²) >= 11 is 1.23. The first-order chi connectivity index (χ1) is 15.4. The van der Waals surface area contributed by atoms with E-state index >= 15 is 0 Å². The lowest BCUT2D eigenvalue weighted by molar-refractivity contribution is 0.102. The van der Waals surface area contributed by atoms with E-state index in [0.717, 1.165) is 29.7 Å². The highest BCUT2D eigenvalue weighted by molar-refractivity contribution is 7.89. The lowest BCUT2D eigenvalue weighted by Gasteiger charge is -2.31. The maximum Gasteiger partial charge on any atom is 0.286 e. The normalized spacial score (nSPS) is 17.2. The summed E-state index contributed by atoms with van der Waals surface area (Å²) in [5, 5.41) is 12.2.